The van der Waals surface area contributed by atoms with Gasteiger partial charge in [0, 0.05) is 0 Å². The molecule has 0 amide bonds. The normalized spacial score (nSPS) is 21.6. The van der Waals surface area contributed by atoms with Crippen molar-refractivity contribution in [1.82, 2.24) is 0 Å². The maximum Gasteiger partial charge on any atom is -0.0149 e. The molecule has 0 nitrogen and oxygen atoms in total. The van der Waals surface area contributed by atoms with E-state index in [0.29, 0.717) is 0 Å². The van der Waals surface area contributed by atoms with E-state index in [1.165, 1.54) is 83.5 Å². The van der Waals surface area contributed by atoms with Crippen LogP contribution in [-0.2, 0) is 0 Å². The largest absolute Gasteiger partial charge is 0.0996 e. The van der Waals surface area contributed by atoms with Gasteiger partial charge in [-0.05, 0) is 56.3 Å². The summed E-state index contributed by atoms with van der Waals surface area (Å²) in [5.74, 6) is 2.90. The Hall–Kier alpha value is -0.260. The van der Waals surface area contributed by atoms with E-state index < -0.39 is 0 Å². The molecule has 19 heavy (non-hydrogen) atoms. The molecule has 0 atom stereocenters. The molecule has 2 aliphatic carbocycles. The Morgan fingerprint density at radius 1 is 0.895 bits per heavy atom. The minimum atomic E-state index is 0.895. The fourth-order valence-electron chi connectivity index (χ4n) is 4.63. The van der Waals surface area contributed by atoms with Gasteiger partial charge in [-0.25, -0.2) is 0 Å². The first-order chi connectivity index (χ1) is 9.33. The molecule has 0 aromatic carbocycles. The van der Waals surface area contributed by atoms with Gasteiger partial charge in [0.25, 0.3) is 0 Å². The molecular weight excluding hydrogens is 228 g/mol. The second kappa shape index (κ2) is 8.12. The van der Waals surface area contributed by atoms with Crippen LogP contribution in [0.2, 0.25) is 0 Å². The SMILES string of the molecule is C=C(CCCCCC)C(C1CCCC1)C1CCCC1. The van der Waals surface area contributed by atoms with E-state index in [1.54, 1.807) is 5.57 Å². The number of rotatable bonds is 8. The van der Waals surface area contributed by atoms with Crippen molar-refractivity contribution in [2.45, 2.75) is 90.4 Å². The molecule has 2 fully saturated rings. The van der Waals surface area contributed by atoms with Gasteiger partial charge in [-0.3, -0.25) is 0 Å². The third-order valence-corrected chi connectivity index (χ3v) is 5.64. The molecule has 0 aliphatic heterocycles. The molecular formula is C19H34. The van der Waals surface area contributed by atoms with E-state index in [-0.39, 0.29) is 0 Å². The summed E-state index contributed by atoms with van der Waals surface area (Å²) in [5, 5.41) is 0. The summed E-state index contributed by atoms with van der Waals surface area (Å²) in [5.41, 5.74) is 1.63. The van der Waals surface area contributed by atoms with Crippen molar-refractivity contribution in [3.05, 3.63) is 12.2 Å². The molecule has 2 aliphatic rings. The lowest BCUT2D eigenvalue weighted by Gasteiger charge is -2.31. The third kappa shape index (κ3) is 4.36. The topological polar surface area (TPSA) is 0 Å². The first-order valence-corrected chi connectivity index (χ1v) is 9.00. The number of hydrogen-bond donors (Lipinski definition) is 0. The first-order valence-electron chi connectivity index (χ1n) is 9.00. The van der Waals surface area contributed by atoms with Crippen LogP contribution in [0.3, 0.4) is 0 Å². The summed E-state index contributed by atoms with van der Waals surface area (Å²) >= 11 is 0. The van der Waals surface area contributed by atoms with Gasteiger partial charge in [0.05, 0.1) is 0 Å². The molecule has 0 heteroatoms. The van der Waals surface area contributed by atoms with E-state index >= 15 is 0 Å². The van der Waals surface area contributed by atoms with Crippen LogP contribution in [0.25, 0.3) is 0 Å². The van der Waals surface area contributed by atoms with Crippen LogP contribution >= 0.6 is 0 Å². The molecule has 0 bridgehead atoms. The van der Waals surface area contributed by atoms with Crippen molar-refractivity contribution in [3.63, 3.8) is 0 Å². The fourth-order valence-corrected chi connectivity index (χ4v) is 4.63. The predicted molar refractivity (Wildman–Crippen MR) is 85.3 cm³/mol. The maximum absolute atomic E-state index is 4.54. The highest BCUT2D eigenvalue weighted by molar-refractivity contribution is 5.07. The maximum atomic E-state index is 4.54. The van der Waals surface area contributed by atoms with Crippen LogP contribution in [0.1, 0.15) is 90.4 Å². The molecule has 0 N–H and O–H groups in total. The third-order valence-electron chi connectivity index (χ3n) is 5.64. The summed E-state index contributed by atoms with van der Waals surface area (Å²) in [4.78, 5) is 0. The summed E-state index contributed by atoms with van der Waals surface area (Å²) in [7, 11) is 0. The van der Waals surface area contributed by atoms with Crippen molar-refractivity contribution in [1.29, 1.82) is 0 Å². The molecule has 2 rings (SSSR count). The quantitative estimate of drug-likeness (QED) is 0.345. The Labute approximate surface area is 121 Å². The fraction of sp³-hybridized carbons (Fsp3) is 0.895. The van der Waals surface area contributed by atoms with Crippen molar-refractivity contribution < 1.29 is 0 Å². The second-order valence-corrected chi connectivity index (χ2v) is 7.08. The Morgan fingerprint density at radius 2 is 1.42 bits per heavy atom. The zero-order chi connectivity index (χ0) is 13.5. The van der Waals surface area contributed by atoms with Gasteiger partial charge in [0.2, 0.25) is 0 Å². The molecule has 0 heterocycles. The van der Waals surface area contributed by atoms with Crippen LogP contribution in [-0.4, -0.2) is 0 Å². The van der Waals surface area contributed by atoms with Crippen molar-refractivity contribution in [3.8, 4) is 0 Å². The average molecular weight is 262 g/mol. The van der Waals surface area contributed by atoms with Gasteiger partial charge in [-0.2, -0.15) is 0 Å². The molecule has 2 saturated carbocycles. The molecule has 0 aromatic rings. The van der Waals surface area contributed by atoms with Crippen molar-refractivity contribution >= 4 is 0 Å². The van der Waals surface area contributed by atoms with Gasteiger partial charge in [-0.15, -0.1) is 0 Å². The summed E-state index contributed by atoms with van der Waals surface area (Å²) < 4.78 is 0. The van der Waals surface area contributed by atoms with Crippen molar-refractivity contribution in [2.75, 3.05) is 0 Å². The molecule has 0 unspecified atom stereocenters. The number of unbranched alkanes of at least 4 members (excludes halogenated alkanes) is 3. The smallest absolute Gasteiger partial charge is 0.0149 e. The highest BCUT2D eigenvalue weighted by Gasteiger charge is 2.34. The van der Waals surface area contributed by atoms with Crippen LogP contribution in [0.5, 0.6) is 0 Å². The zero-order valence-corrected chi connectivity index (χ0v) is 13.1. The highest BCUT2D eigenvalue weighted by atomic mass is 14.4. The highest BCUT2D eigenvalue weighted by Crippen LogP contribution is 2.45. The van der Waals surface area contributed by atoms with Gasteiger partial charge in [0.1, 0.15) is 0 Å². The number of hydrogen-bond acceptors (Lipinski definition) is 0. The second-order valence-electron chi connectivity index (χ2n) is 7.08. The molecule has 110 valence electrons. The van der Waals surface area contributed by atoms with Gasteiger partial charge in [0.15, 0.2) is 0 Å². The lowest BCUT2D eigenvalue weighted by molar-refractivity contribution is 0.265. The summed E-state index contributed by atoms with van der Waals surface area (Å²) in [6.07, 6.45) is 18.8. The Morgan fingerprint density at radius 3 is 1.89 bits per heavy atom. The first kappa shape index (κ1) is 15.1. The molecule has 0 spiro atoms. The van der Waals surface area contributed by atoms with Crippen molar-refractivity contribution in [2.24, 2.45) is 17.8 Å². The monoisotopic (exact) mass is 262 g/mol. The number of allylic oxidation sites excluding steroid dienone is 1. The van der Waals surface area contributed by atoms with Crippen LogP contribution in [0, 0.1) is 17.8 Å². The van der Waals surface area contributed by atoms with E-state index in [2.05, 4.69) is 13.5 Å². The summed E-state index contributed by atoms with van der Waals surface area (Å²) in [6, 6.07) is 0. The van der Waals surface area contributed by atoms with Gasteiger partial charge in [-0.1, -0.05) is 64.0 Å². The summed E-state index contributed by atoms with van der Waals surface area (Å²) in [6.45, 7) is 6.84. The lowest BCUT2D eigenvalue weighted by atomic mass is 9.74. The predicted octanol–water partition coefficient (Wildman–Crippen LogP) is 6.51. The van der Waals surface area contributed by atoms with Gasteiger partial charge >= 0.3 is 0 Å². The van der Waals surface area contributed by atoms with Crippen LogP contribution in [0.4, 0.5) is 0 Å². The Kier molecular flexibility index (Phi) is 6.47. The molecule has 0 saturated heterocycles. The molecule has 0 radical (unpaired) electrons. The Bertz CT molecular complexity index is 237. The minimum absolute atomic E-state index is 0.895. The average Bonchev–Trinajstić information content (AvgIpc) is 3.08. The molecule has 0 aromatic heterocycles. The van der Waals surface area contributed by atoms with E-state index in [9.17, 15) is 0 Å². The Balaban J connectivity index is 1.86. The van der Waals surface area contributed by atoms with E-state index in [1.807, 2.05) is 0 Å². The van der Waals surface area contributed by atoms with E-state index in [4.69, 9.17) is 0 Å². The minimum Gasteiger partial charge on any atom is -0.0996 e. The standard InChI is InChI=1S/C19H34/c1-3-4-5-6-11-16(2)19(17-12-7-8-13-17)18-14-9-10-15-18/h17-19H,2-15H2,1H3. The van der Waals surface area contributed by atoms with Crippen LogP contribution < -0.4 is 0 Å². The van der Waals surface area contributed by atoms with E-state index in [0.717, 1.165) is 17.8 Å². The van der Waals surface area contributed by atoms with Gasteiger partial charge < -0.3 is 0 Å². The zero-order valence-electron chi connectivity index (χ0n) is 13.1. The van der Waals surface area contributed by atoms with Crippen LogP contribution in [0.15, 0.2) is 12.2 Å². The lowest BCUT2D eigenvalue weighted by Crippen LogP contribution is -2.22.